The van der Waals surface area contributed by atoms with Gasteiger partial charge in [-0.05, 0) is 24.1 Å². The fraction of sp³-hybridized carbons (Fsp3) is 0.211. The largest absolute Gasteiger partial charge is 0.872 e. The molecule has 2 aromatic rings. The van der Waals surface area contributed by atoms with Crippen LogP contribution in [0.1, 0.15) is 42.3 Å². The second-order valence-corrected chi connectivity index (χ2v) is 6.72. The number of phenolic OH excluding ortho intramolecular Hbond substituents is 4. The van der Waals surface area contributed by atoms with Crippen molar-refractivity contribution in [3.8, 4) is 28.7 Å². The summed E-state index contributed by atoms with van der Waals surface area (Å²) < 4.78 is 0. The second-order valence-electron chi connectivity index (χ2n) is 6.72. The van der Waals surface area contributed by atoms with Crippen molar-refractivity contribution in [2.75, 3.05) is 0 Å². The maximum absolute atomic E-state index is 13.0. The third-order valence-corrected chi connectivity index (χ3v) is 4.74. The number of phenols is 4. The van der Waals surface area contributed by atoms with Crippen molar-refractivity contribution in [2.45, 2.75) is 26.2 Å². The number of aromatic hydroxyl groups is 4. The van der Waals surface area contributed by atoms with E-state index in [4.69, 9.17) is 0 Å². The molecule has 3 rings (SSSR count). The van der Waals surface area contributed by atoms with Crippen molar-refractivity contribution >= 4 is 22.1 Å². The molecule has 0 radical (unpaired) electrons. The molecule has 0 saturated carbocycles. The first kappa shape index (κ1) is 16.7. The quantitative estimate of drug-likeness (QED) is 0.492. The number of hydrogen-bond donors (Lipinski definition) is 4. The van der Waals surface area contributed by atoms with Crippen LogP contribution in [0.25, 0.3) is 16.3 Å². The lowest BCUT2D eigenvalue weighted by Gasteiger charge is -2.33. The first-order valence-corrected chi connectivity index (χ1v) is 7.58. The van der Waals surface area contributed by atoms with Gasteiger partial charge in [0, 0.05) is 21.8 Å². The van der Waals surface area contributed by atoms with E-state index in [0.29, 0.717) is 5.57 Å². The first-order valence-electron chi connectivity index (χ1n) is 7.58. The molecule has 130 valence electrons. The van der Waals surface area contributed by atoms with Gasteiger partial charge in [-0.2, -0.15) is 0 Å². The van der Waals surface area contributed by atoms with Gasteiger partial charge in [0.05, 0.1) is 5.56 Å². The molecule has 0 aliphatic heterocycles. The van der Waals surface area contributed by atoms with E-state index >= 15 is 0 Å². The summed E-state index contributed by atoms with van der Waals surface area (Å²) in [5.74, 6) is -4.30. The van der Waals surface area contributed by atoms with Gasteiger partial charge < -0.3 is 25.5 Å². The van der Waals surface area contributed by atoms with Crippen molar-refractivity contribution in [2.24, 2.45) is 0 Å². The molecule has 0 amide bonds. The zero-order chi connectivity index (χ0) is 18.8. The van der Waals surface area contributed by atoms with Crippen LogP contribution in [0.15, 0.2) is 18.7 Å². The normalized spacial score (nSPS) is 13.9. The van der Waals surface area contributed by atoms with E-state index in [1.807, 2.05) is 0 Å². The Kier molecular flexibility index (Phi) is 3.29. The first-order chi connectivity index (χ1) is 11.5. The zero-order valence-electron chi connectivity index (χ0n) is 14.0. The third-order valence-electron chi connectivity index (χ3n) is 4.74. The Bertz CT molecular complexity index is 1010. The summed E-state index contributed by atoms with van der Waals surface area (Å²) in [6.07, 6.45) is 2.68. The number of allylic oxidation sites excluding steroid dienone is 3. The molecular formula is C19H17O6-. The fourth-order valence-corrected chi connectivity index (χ4v) is 3.32. The Morgan fingerprint density at radius 2 is 1.60 bits per heavy atom. The maximum Gasteiger partial charge on any atom is 0.201 e. The molecule has 0 unspecified atom stereocenters. The van der Waals surface area contributed by atoms with Crippen LogP contribution >= 0.6 is 0 Å². The smallest absolute Gasteiger partial charge is 0.201 e. The number of benzene rings is 2. The molecule has 0 heterocycles. The van der Waals surface area contributed by atoms with Crippen LogP contribution in [-0.4, -0.2) is 26.2 Å². The molecule has 1 aliphatic rings. The van der Waals surface area contributed by atoms with Gasteiger partial charge in [-0.3, -0.25) is 4.79 Å². The van der Waals surface area contributed by atoms with Gasteiger partial charge in [-0.25, -0.2) is 0 Å². The number of carbonyl (C=O) groups is 1. The lowest BCUT2D eigenvalue weighted by molar-refractivity contribution is -0.267. The van der Waals surface area contributed by atoms with Crippen molar-refractivity contribution in [3.63, 3.8) is 0 Å². The van der Waals surface area contributed by atoms with Crippen molar-refractivity contribution in [3.05, 3.63) is 35.4 Å². The highest BCUT2D eigenvalue weighted by Crippen LogP contribution is 2.56. The minimum atomic E-state index is -0.945. The number of rotatable bonds is 2. The predicted molar refractivity (Wildman–Crippen MR) is 91.3 cm³/mol. The molecule has 0 spiro atoms. The minimum absolute atomic E-state index is 0.0153. The van der Waals surface area contributed by atoms with E-state index in [2.05, 4.69) is 6.58 Å². The highest BCUT2D eigenvalue weighted by atomic mass is 16.3. The highest BCUT2D eigenvalue weighted by molar-refractivity contribution is 6.26. The van der Waals surface area contributed by atoms with Gasteiger partial charge >= 0.3 is 0 Å². The van der Waals surface area contributed by atoms with Gasteiger partial charge in [0.15, 0.2) is 17.3 Å². The standard InChI is InChI=1S/C19H18O6/c1-5-19(3,4)13-14(21)9-7(2)6-8(20)10-11(9)12(15(13)22)17(24)18(25)16(10)23/h5-6,21-25H,1H2,2-4H3/p-1. The Labute approximate surface area is 143 Å². The molecule has 0 bridgehead atoms. The molecule has 25 heavy (non-hydrogen) atoms. The minimum Gasteiger partial charge on any atom is -0.872 e. The molecule has 0 fully saturated rings. The van der Waals surface area contributed by atoms with Crippen molar-refractivity contribution < 1.29 is 30.3 Å². The lowest BCUT2D eigenvalue weighted by Crippen LogP contribution is -2.18. The Morgan fingerprint density at radius 1 is 1.00 bits per heavy atom. The van der Waals surface area contributed by atoms with Gasteiger partial charge in [0.2, 0.25) is 5.75 Å². The van der Waals surface area contributed by atoms with Crippen molar-refractivity contribution in [1.29, 1.82) is 0 Å². The third kappa shape index (κ3) is 1.94. The van der Waals surface area contributed by atoms with Crippen LogP contribution in [0, 0.1) is 0 Å². The van der Waals surface area contributed by atoms with Crippen LogP contribution in [0.5, 0.6) is 28.7 Å². The Hall–Kier alpha value is -3.15. The summed E-state index contributed by atoms with van der Waals surface area (Å²) in [5, 5.41) is 53.7. The lowest BCUT2D eigenvalue weighted by atomic mass is 9.77. The van der Waals surface area contributed by atoms with E-state index in [1.54, 1.807) is 20.8 Å². The van der Waals surface area contributed by atoms with Gasteiger partial charge in [0.1, 0.15) is 5.75 Å². The number of carbonyl (C=O) groups excluding carboxylic acids is 1. The monoisotopic (exact) mass is 341 g/mol. The van der Waals surface area contributed by atoms with Gasteiger partial charge in [0.25, 0.3) is 0 Å². The summed E-state index contributed by atoms with van der Waals surface area (Å²) in [6, 6.07) is 0. The molecule has 0 atom stereocenters. The predicted octanol–water partition coefficient (Wildman–Crippen LogP) is 2.80. The zero-order valence-corrected chi connectivity index (χ0v) is 14.0. The summed E-state index contributed by atoms with van der Waals surface area (Å²) in [4.78, 5) is 12.3. The van der Waals surface area contributed by atoms with Crippen LogP contribution in [0.4, 0.5) is 0 Å². The van der Waals surface area contributed by atoms with E-state index in [9.17, 15) is 30.3 Å². The summed E-state index contributed by atoms with van der Waals surface area (Å²) in [6.45, 7) is 8.58. The molecular weight excluding hydrogens is 324 g/mol. The van der Waals surface area contributed by atoms with Crippen LogP contribution in [-0.2, 0) is 5.41 Å². The van der Waals surface area contributed by atoms with Crippen LogP contribution in [0.2, 0.25) is 0 Å². The Balaban J connectivity index is 2.73. The van der Waals surface area contributed by atoms with Crippen LogP contribution < -0.4 is 5.11 Å². The molecule has 6 heteroatoms. The van der Waals surface area contributed by atoms with Crippen LogP contribution in [0.3, 0.4) is 0 Å². The van der Waals surface area contributed by atoms with Crippen molar-refractivity contribution in [1.82, 2.24) is 0 Å². The SMILES string of the molecule is C=CC(C)(C)c1c(O)c2c3c(c(O)c(O)c(O)c3c1[O-])C(=O)C=C2C. The van der Waals surface area contributed by atoms with Gasteiger partial charge in [-0.15, -0.1) is 6.58 Å². The molecule has 0 saturated heterocycles. The summed E-state index contributed by atoms with van der Waals surface area (Å²) in [5.41, 5.74) is -0.724. The average molecular weight is 341 g/mol. The van der Waals surface area contributed by atoms with E-state index in [-0.39, 0.29) is 33.2 Å². The highest BCUT2D eigenvalue weighted by Gasteiger charge is 2.34. The molecule has 2 aromatic carbocycles. The Morgan fingerprint density at radius 3 is 2.16 bits per heavy atom. The summed E-state index contributed by atoms with van der Waals surface area (Å²) >= 11 is 0. The molecule has 4 N–H and O–H groups in total. The topological polar surface area (TPSA) is 121 Å². The average Bonchev–Trinajstić information content (AvgIpc) is 2.51. The van der Waals surface area contributed by atoms with E-state index in [1.165, 1.54) is 12.2 Å². The maximum atomic E-state index is 13.0. The number of hydrogen-bond acceptors (Lipinski definition) is 6. The second kappa shape index (κ2) is 4.92. The van der Waals surface area contributed by atoms with E-state index in [0.717, 1.165) is 0 Å². The number of ketones is 1. The summed E-state index contributed by atoms with van der Waals surface area (Å²) in [7, 11) is 0. The molecule has 6 nitrogen and oxygen atoms in total. The fourth-order valence-electron chi connectivity index (χ4n) is 3.32. The van der Waals surface area contributed by atoms with Gasteiger partial charge in [-0.1, -0.05) is 25.7 Å². The van der Waals surface area contributed by atoms with E-state index < -0.39 is 34.2 Å². The molecule has 1 aliphatic carbocycles. The molecule has 0 aromatic heterocycles.